The van der Waals surface area contributed by atoms with Crippen molar-refractivity contribution in [3.05, 3.63) is 96.2 Å². The fourth-order valence-electron chi connectivity index (χ4n) is 3.06. The van der Waals surface area contributed by atoms with Gasteiger partial charge in [-0.25, -0.2) is 4.98 Å². The van der Waals surface area contributed by atoms with Gasteiger partial charge in [-0.05, 0) is 30.2 Å². The summed E-state index contributed by atoms with van der Waals surface area (Å²) in [6.07, 6.45) is 1.85. The molecule has 3 rings (SSSR count). The van der Waals surface area contributed by atoms with Crippen LogP contribution in [0.1, 0.15) is 24.0 Å². The van der Waals surface area contributed by atoms with E-state index in [0.717, 1.165) is 5.82 Å². The number of pyridine rings is 1. The van der Waals surface area contributed by atoms with Crippen molar-refractivity contribution in [3.63, 3.8) is 0 Å². The van der Waals surface area contributed by atoms with E-state index >= 15 is 0 Å². The normalized spacial score (nSPS) is 12.1. The molecule has 0 saturated heterocycles. The lowest BCUT2D eigenvalue weighted by Gasteiger charge is -2.33. The van der Waals surface area contributed by atoms with Crippen LogP contribution in [-0.2, 0) is 0 Å². The zero-order valence-corrected chi connectivity index (χ0v) is 13.6. The third-order valence-electron chi connectivity index (χ3n) is 4.42. The molecule has 0 radical (unpaired) electrons. The minimum absolute atomic E-state index is 0.287. The molecule has 1 unspecified atom stereocenters. The summed E-state index contributed by atoms with van der Waals surface area (Å²) in [4.78, 5) is 6.75. The summed E-state index contributed by atoms with van der Waals surface area (Å²) >= 11 is 0. The molecule has 0 spiro atoms. The van der Waals surface area contributed by atoms with E-state index in [0.29, 0.717) is 5.92 Å². The van der Waals surface area contributed by atoms with Crippen LogP contribution in [0.25, 0.3) is 0 Å². The summed E-state index contributed by atoms with van der Waals surface area (Å²) in [6.45, 7) is 2.26. The van der Waals surface area contributed by atoms with E-state index in [2.05, 4.69) is 90.6 Å². The molecular formula is C21H22N2. The maximum Gasteiger partial charge on any atom is 0.128 e. The first-order chi connectivity index (χ1) is 11.3. The van der Waals surface area contributed by atoms with E-state index in [-0.39, 0.29) is 6.04 Å². The molecule has 1 aromatic heterocycles. The smallest absolute Gasteiger partial charge is 0.128 e. The molecule has 2 aromatic carbocycles. The van der Waals surface area contributed by atoms with E-state index in [4.69, 9.17) is 0 Å². The Hall–Kier alpha value is -2.61. The summed E-state index contributed by atoms with van der Waals surface area (Å²) in [5, 5.41) is 0. The first kappa shape index (κ1) is 15.3. The van der Waals surface area contributed by atoms with Gasteiger partial charge in [-0.2, -0.15) is 0 Å². The molecule has 0 aliphatic rings. The zero-order valence-electron chi connectivity index (χ0n) is 13.6. The standard InChI is InChI=1S/C21H22N2/c1-17(23(2)20-15-9-10-16-22-20)21(18-11-5-3-6-12-18)19-13-7-4-8-14-19/h3-17,21H,1-2H3. The first-order valence-corrected chi connectivity index (χ1v) is 8.01. The molecule has 23 heavy (non-hydrogen) atoms. The molecule has 1 heterocycles. The minimum atomic E-state index is 0.287. The Morgan fingerprint density at radius 1 is 0.739 bits per heavy atom. The number of likely N-dealkylation sites (N-methyl/N-ethyl adjacent to an activating group) is 1. The van der Waals surface area contributed by atoms with Crippen LogP contribution < -0.4 is 4.90 Å². The Bertz CT molecular complexity index is 671. The third-order valence-corrected chi connectivity index (χ3v) is 4.42. The van der Waals surface area contributed by atoms with Crippen LogP contribution in [0.3, 0.4) is 0 Å². The van der Waals surface area contributed by atoms with Gasteiger partial charge < -0.3 is 4.90 Å². The highest BCUT2D eigenvalue weighted by molar-refractivity contribution is 5.43. The number of hydrogen-bond donors (Lipinski definition) is 0. The topological polar surface area (TPSA) is 16.1 Å². The largest absolute Gasteiger partial charge is 0.356 e. The van der Waals surface area contributed by atoms with Crippen LogP contribution in [-0.4, -0.2) is 18.1 Å². The quantitative estimate of drug-likeness (QED) is 0.677. The van der Waals surface area contributed by atoms with E-state index < -0.39 is 0 Å². The van der Waals surface area contributed by atoms with Crippen LogP contribution in [0.15, 0.2) is 85.1 Å². The Balaban J connectivity index is 1.98. The van der Waals surface area contributed by atoms with Crippen molar-refractivity contribution >= 4 is 5.82 Å². The highest BCUT2D eigenvalue weighted by atomic mass is 15.2. The van der Waals surface area contributed by atoms with Gasteiger partial charge in [0, 0.05) is 25.2 Å². The molecule has 2 nitrogen and oxygen atoms in total. The Morgan fingerprint density at radius 3 is 1.74 bits per heavy atom. The van der Waals surface area contributed by atoms with Crippen LogP contribution in [0.4, 0.5) is 5.82 Å². The molecule has 3 aromatic rings. The number of anilines is 1. The lowest BCUT2D eigenvalue weighted by Crippen LogP contribution is -2.35. The van der Waals surface area contributed by atoms with Gasteiger partial charge in [-0.1, -0.05) is 66.7 Å². The van der Waals surface area contributed by atoms with Gasteiger partial charge in [0.05, 0.1) is 0 Å². The molecule has 0 aliphatic heterocycles. The summed E-state index contributed by atoms with van der Waals surface area (Å²) < 4.78 is 0. The summed E-state index contributed by atoms with van der Waals surface area (Å²) in [6, 6.07) is 27.7. The molecule has 0 bridgehead atoms. The highest BCUT2D eigenvalue weighted by Crippen LogP contribution is 2.31. The van der Waals surface area contributed by atoms with E-state index in [1.54, 1.807) is 0 Å². The second-order valence-corrected chi connectivity index (χ2v) is 5.84. The lowest BCUT2D eigenvalue weighted by atomic mass is 9.85. The van der Waals surface area contributed by atoms with Crippen LogP contribution in [0.5, 0.6) is 0 Å². The predicted octanol–water partition coefficient (Wildman–Crippen LogP) is 4.74. The van der Waals surface area contributed by atoms with Crippen molar-refractivity contribution < 1.29 is 0 Å². The number of hydrogen-bond acceptors (Lipinski definition) is 2. The van der Waals surface area contributed by atoms with Crippen molar-refractivity contribution in [1.82, 2.24) is 4.98 Å². The average molecular weight is 302 g/mol. The predicted molar refractivity (Wildman–Crippen MR) is 96.8 cm³/mol. The third kappa shape index (κ3) is 3.42. The monoisotopic (exact) mass is 302 g/mol. The molecule has 2 heteroatoms. The Morgan fingerprint density at radius 2 is 1.26 bits per heavy atom. The van der Waals surface area contributed by atoms with Crippen LogP contribution in [0.2, 0.25) is 0 Å². The van der Waals surface area contributed by atoms with E-state index in [1.165, 1.54) is 11.1 Å². The van der Waals surface area contributed by atoms with Gasteiger partial charge in [0.2, 0.25) is 0 Å². The Labute approximate surface area is 138 Å². The van der Waals surface area contributed by atoms with Crippen molar-refractivity contribution in [2.75, 3.05) is 11.9 Å². The maximum atomic E-state index is 4.50. The zero-order chi connectivity index (χ0) is 16.1. The molecule has 0 aliphatic carbocycles. The summed E-state index contributed by atoms with van der Waals surface area (Å²) in [5.74, 6) is 1.29. The average Bonchev–Trinajstić information content (AvgIpc) is 2.64. The molecular weight excluding hydrogens is 280 g/mol. The van der Waals surface area contributed by atoms with E-state index in [1.807, 2.05) is 18.3 Å². The first-order valence-electron chi connectivity index (χ1n) is 8.01. The van der Waals surface area contributed by atoms with Crippen molar-refractivity contribution in [2.24, 2.45) is 0 Å². The van der Waals surface area contributed by atoms with Gasteiger partial charge >= 0.3 is 0 Å². The van der Waals surface area contributed by atoms with Crippen LogP contribution in [0, 0.1) is 0 Å². The summed E-state index contributed by atoms with van der Waals surface area (Å²) in [7, 11) is 2.12. The van der Waals surface area contributed by atoms with Crippen molar-refractivity contribution in [3.8, 4) is 0 Å². The van der Waals surface area contributed by atoms with Gasteiger partial charge in [0.1, 0.15) is 5.82 Å². The SMILES string of the molecule is CC(C(c1ccccc1)c1ccccc1)N(C)c1ccccn1. The second kappa shape index (κ2) is 7.10. The molecule has 0 fully saturated rings. The van der Waals surface area contributed by atoms with Crippen LogP contribution >= 0.6 is 0 Å². The minimum Gasteiger partial charge on any atom is -0.356 e. The lowest BCUT2D eigenvalue weighted by molar-refractivity contribution is 0.602. The number of benzene rings is 2. The van der Waals surface area contributed by atoms with Crippen molar-refractivity contribution in [1.29, 1.82) is 0 Å². The van der Waals surface area contributed by atoms with Gasteiger partial charge in [-0.15, -0.1) is 0 Å². The van der Waals surface area contributed by atoms with Gasteiger partial charge in [0.15, 0.2) is 0 Å². The molecule has 0 saturated carbocycles. The fourth-order valence-corrected chi connectivity index (χ4v) is 3.06. The molecule has 1 atom stereocenters. The maximum absolute atomic E-state index is 4.50. The van der Waals surface area contributed by atoms with Gasteiger partial charge in [0.25, 0.3) is 0 Å². The summed E-state index contributed by atoms with van der Waals surface area (Å²) in [5.41, 5.74) is 2.66. The number of nitrogens with zero attached hydrogens (tertiary/aromatic N) is 2. The second-order valence-electron chi connectivity index (χ2n) is 5.84. The fraction of sp³-hybridized carbons (Fsp3) is 0.190. The highest BCUT2D eigenvalue weighted by Gasteiger charge is 2.25. The Kier molecular flexibility index (Phi) is 4.72. The number of aromatic nitrogens is 1. The molecule has 116 valence electrons. The molecule has 0 amide bonds. The van der Waals surface area contributed by atoms with Crippen molar-refractivity contribution in [2.45, 2.75) is 18.9 Å². The molecule has 0 N–H and O–H groups in total. The van der Waals surface area contributed by atoms with E-state index in [9.17, 15) is 0 Å². The number of rotatable bonds is 5. The van der Waals surface area contributed by atoms with Gasteiger partial charge in [-0.3, -0.25) is 0 Å².